The number of carbonyl (C=O) groups excluding carboxylic acids is 1. The third-order valence-electron chi connectivity index (χ3n) is 3.13. The number of likely N-dealkylation sites (N-methyl/N-ethyl adjacent to an activating group) is 1. The van der Waals surface area contributed by atoms with E-state index in [0.717, 1.165) is 22.9 Å². The number of carbonyl (C=O) groups is 1. The van der Waals surface area contributed by atoms with E-state index in [-0.39, 0.29) is 11.7 Å². The highest BCUT2D eigenvalue weighted by atomic mass is 19.1. The van der Waals surface area contributed by atoms with Gasteiger partial charge in [-0.2, -0.15) is 0 Å². The molecule has 0 fully saturated rings. The summed E-state index contributed by atoms with van der Waals surface area (Å²) in [5, 5.41) is 0.830. The van der Waals surface area contributed by atoms with Crippen LogP contribution in [0, 0.1) is 5.82 Å². The zero-order valence-electron chi connectivity index (χ0n) is 8.88. The van der Waals surface area contributed by atoms with E-state index >= 15 is 0 Å². The number of benzene rings is 1. The number of fused-ring (bicyclic) bond motifs is 3. The van der Waals surface area contributed by atoms with Crippen LogP contribution >= 0.6 is 0 Å². The zero-order valence-corrected chi connectivity index (χ0v) is 8.88. The first-order chi connectivity index (χ1) is 7.66. The molecule has 1 aliphatic rings. The van der Waals surface area contributed by atoms with Crippen LogP contribution in [0.15, 0.2) is 18.2 Å². The molecular weight excluding hydrogens is 207 g/mol. The maximum atomic E-state index is 13.1. The van der Waals surface area contributed by atoms with E-state index in [1.54, 1.807) is 18.0 Å². The molecule has 2 heterocycles. The third kappa shape index (κ3) is 1.16. The van der Waals surface area contributed by atoms with Crippen LogP contribution in [0.2, 0.25) is 0 Å². The lowest BCUT2D eigenvalue weighted by Gasteiger charge is -2.22. The van der Waals surface area contributed by atoms with Crippen LogP contribution in [-0.2, 0) is 6.42 Å². The minimum absolute atomic E-state index is 0.0159. The Morgan fingerprint density at radius 3 is 3.06 bits per heavy atom. The van der Waals surface area contributed by atoms with Crippen LogP contribution in [0.25, 0.3) is 10.9 Å². The van der Waals surface area contributed by atoms with Gasteiger partial charge in [-0.3, -0.25) is 4.79 Å². The Labute approximate surface area is 91.9 Å². The molecule has 1 aromatic carbocycles. The van der Waals surface area contributed by atoms with E-state index in [1.165, 1.54) is 12.1 Å². The molecule has 1 aliphatic heterocycles. The minimum Gasteiger partial charge on any atom is -0.350 e. The predicted octanol–water partition coefficient (Wildman–Crippen LogP) is 1.94. The molecule has 3 nitrogen and oxygen atoms in total. The van der Waals surface area contributed by atoms with Gasteiger partial charge in [-0.1, -0.05) is 0 Å². The second-order valence-corrected chi connectivity index (χ2v) is 4.15. The molecule has 4 heteroatoms. The maximum Gasteiger partial charge on any atom is 0.270 e. The van der Waals surface area contributed by atoms with E-state index in [4.69, 9.17) is 0 Å². The monoisotopic (exact) mass is 218 g/mol. The molecule has 1 amide bonds. The van der Waals surface area contributed by atoms with Crippen LogP contribution in [0.1, 0.15) is 16.1 Å². The lowest BCUT2D eigenvalue weighted by molar-refractivity contribution is 0.0776. The van der Waals surface area contributed by atoms with Crippen molar-refractivity contribution in [3.8, 4) is 0 Å². The van der Waals surface area contributed by atoms with Crippen molar-refractivity contribution in [1.29, 1.82) is 0 Å². The summed E-state index contributed by atoms with van der Waals surface area (Å²) in [6.45, 7) is 0.690. The summed E-state index contributed by atoms with van der Waals surface area (Å²) in [7, 11) is 1.78. The highest BCUT2D eigenvalue weighted by Crippen LogP contribution is 2.27. The molecule has 0 spiro atoms. The first kappa shape index (κ1) is 9.39. The fraction of sp³-hybridized carbons (Fsp3) is 0.250. The van der Waals surface area contributed by atoms with Crippen LogP contribution in [0.3, 0.4) is 0 Å². The van der Waals surface area contributed by atoms with Gasteiger partial charge in [-0.25, -0.2) is 4.39 Å². The molecular formula is C12H11FN2O. The van der Waals surface area contributed by atoms with Gasteiger partial charge in [0.2, 0.25) is 0 Å². The molecule has 0 saturated carbocycles. The smallest absolute Gasteiger partial charge is 0.270 e. The predicted molar refractivity (Wildman–Crippen MR) is 58.9 cm³/mol. The summed E-state index contributed by atoms with van der Waals surface area (Å²) >= 11 is 0. The fourth-order valence-electron chi connectivity index (χ4n) is 2.23. The topological polar surface area (TPSA) is 36.1 Å². The molecule has 82 valence electrons. The van der Waals surface area contributed by atoms with Gasteiger partial charge in [0.15, 0.2) is 0 Å². The van der Waals surface area contributed by atoms with Gasteiger partial charge in [0, 0.05) is 24.5 Å². The van der Waals surface area contributed by atoms with Gasteiger partial charge in [-0.05, 0) is 30.2 Å². The van der Waals surface area contributed by atoms with Crippen LogP contribution in [0.4, 0.5) is 4.39 Å². The van der Waals surface area contributed by atoms with E-state index < -0.39 is 0 Å². The molecule has 0 aliphatic carbocycles. The van der Waals surface area contributed by atoms with Crippen molar-refractivity contribution in [3.05, 3.63) is 35.3 Å². The molecule has 0 radical (unpaired) electrons. The summed E-state index contributed by atoms with van der Waals surface area (Å²) in [5.74, 6) is -0.279. The van der Waals surface area contributed by atoms with Crippen molar-refractivity contribution in [2.45, 2.75) is 6.42 Å². The number of aromatic amines is 1. The summed E-state index contributed by atoms with van der Waals surface area (Å²) in [6, 6.07) is 4.57. The highest BCUT2D eigenvalue weighted by Gasteiger charge is 2.25. The second-order valence-electron chi connectivity index (χ2n) is 4.15. The lowest BCUT2D eigenvalue weighted by atomic mass is 10.0. The van der Waals surface area contributed by atoms with E-state index in [9.17, 15) is 9.18 Å². The average Bonchev–Trinajstić information content (AvgIpc) is 2.62. The second kappa shape index (κ2) is 3.07. The van der Waals surface area contributed by atoms with Crippen molar-refractivity contribution < 1.29 is 9.18 Å². The molecule has 0 atom stereocenters. The molecule has 16 heavy (non-hydrogen) atoms. The minimum atomic E-state index is -0.263. The largest absolute Gasteiger partial charge is 0.350 e. The Hall–Kier alpha value is -1.84. The Bertz CT molecular complexity index is 588. The molecule has 0 bridgehead atoms. The van der Waals surface area contributed by atoms with Gasteiger partial charge in [-0.15, -0.1) is 0 Å². The molecule has 2 aromatic rings. The number of hydrogen-bond acceptors (Lipinski definition) is 1. The number of H-pyrrole nitrogens is 1. The molecule has 1 N–H and O–H groups in total. The Morgan fingerprint density at radius 2 is 2.25 bits per heavy atom. The Balaban J connectivity index is 2.31. The fourth-order valence-corrected chi connectivity index (χ4v) is 2.23. The first-order valence-corrected chi connectivity index (χ1v) is 5.22. The molecule has 0 saturated heterocycles. The number of hydrogen-bond donors (Lipinski definition) is 1. The molecule has 0 unspecified atom stereocenters. The molecule has 3 rings (SSSR count). The first-order valence-electron chi connectivity index (χ1n) is 5.22. The van der Waals surface area contributed by atoms with Crippen molar-refractivity contribution >= 4 is 16.8 Å². The van der Waals surface area contributed by atoms with Gasteiger partial charge < -0.3 is 9.88 Å². The number of amides is 1. The van der Waals surface area contributed by atoms with Gasteiger partial charge in [0.25, 0.3) is 5.91 Å². The SMILES string of the molecule is CN1CCc2c([nH]c3ccc(F)cc23)C1=O. The van der Waals surface area contributed by atoms with E-state index in [0.29, 0.717) is 12.2 Å². The van der Waals surface area contributed by atoms with Crippen molar-refractivity contribution in [2.75, 3.05) is 13.6 Å². The van der Waals surface area contributed by atoms with Crippen molar-refractivity contribution in [2.24, 2.45) is 0 Å². The number of nitrogens with one attached hydrogen (secondary N) is 1. The van der Waals surface area contributed by atoms with Crippen LogP contribution in [-0.4, -0.2) is 29.4 Å². The third-order valence-corrected chi connectivity index (χ3v) is 3.13. The molecule has 1 aromatic heterocycles. The van der Waals surface area contributed by atoms with Crippen LogP contribution in [0.5, 0.6) is 0 Å². The summed E-state index contributed by atoms with van der Waals surface area (Å²) in [6.07, 6.45) is 0.779. The van der Waals surface area contributed by atoms with Crippen LogP contribution < -0.4 is 0 Å². The summed E-state index contributed by atoms with van der Waals surface area (Å²) in [5.41, 5.74) is 2.38. The average molecular weight is 218 g/mol. The lowest BCUT2D eigenvalue weighted by Crippen LogP contribution is -2.33. The van der Waals surface area contributed by atoms with Gasteiger partial charge >= 0.3 is 0 Å². The van der Waals surface area contributed by atoms with Gasteiger partial charge in [0.1, 0.15) is 11.5 Å². The van der Waals surface area contributed by atoms with Crippen molar-refractivity contribution in [3.63, 3.8) is 0 Å². The Morgan fingerprint density at radius 1 is 1.44 bits per heavy atom. The standard InChI is InChI=1S/C12H11FN2O/c1-15-5-4-8-9-6-7(13)2-3-10(9)14-11(8)12(15)16/h2-3,6,14H,4-5H2,1H3. The summed E-state index contributed by atoms with van der Waals surface area (Å²) < 4.78 is 13.1. The zero-order chi connectivity index (χ0) is 11.3. The number of halogens is 1. The Kier molecular flexibility index (Phi) is 1.80. The highest BCUT2D eigenvalue weighted by molar-refractivity contribution is 6.02. The van der Waals surface area contributed by atoms with E-state index in [1.807, 2.05) is 0 Å². The van der Waals surface area contributed by atoms with E-state index in [2.05, 4.69) is 4.98 Å². The maximum absolute atomic E-state index is 13.1. The number of aromatic nitrogens is 1. The number of nitrogens with zero attached hydrogens (tertiary/aromatic N) is 1. The van der Waals surface area contributed by atoms with Gasteiger partial charge in [0.05, 0.1) is 0 Å². The summed E-state index contributed by atoms with van der Waals surface area (Å²) in [4.78, 5) is 16.6. The number of rotatable bonds is 0. The quantitative estimate of drug-likeness (QED) is 0.720. The van der Waals surface area contributed by atoms with Crippen molar-refractivity contribution in [1.82, 2.24) is 9.88 Å². The normalized spacial score (nSPS) is 15.6.